The van der Waals surface area contributed by atoms with Crippen molar-refractivity contribution in [2.24, 2.45) is 11.7 Å². The van der Waals surface area contributed by atoms with Gasteiger partial charge in [-0.25, -0.2) is 0 Å². The first-order chi connectivity index (χ1) is 6.47. The Labute approximate surface area is 89.4 Å². The van der Waals surface area contributed by atoms with Gasteiger partial charge in [0, 0.05) is 18.8 Å². The molecular formula is C9H17ClN2O2. The molecule has 0 bridgehead atoms. The average Bonchev–Trinajstić information content (AvgIpc) is 2.01. The molecule has 4 nitrogen and oxygen atoms in total. The minimum absolute atomic E-state index is 0.0199. The highest BCUT2D eigenvalue weighted by Gasteiger charge is 2.15. The van der Waals surface area contributed by atoms with Gasteiger partial charge in [0.1, 0.15) is 0 Å². The quantitative estimate of drug-likeness (QED) is 0.666. The van der Waals surface area contributed by atoms with Crippen molar-refractivity contribution in [3.05, 3.63) is 0 Å². The lowest BCUT2D eigenvalue weighted by atomic mass is 10.2. The van der Waals surface area contributed by atoms with Crippen LogP contribution in [0.3, 0.4) is 0 Å². The first kappa shape index (κ1) is 13.2. The summed E-state index contributed by atoms with van der Waals surface area (Å²) in [4.78, 5) is 23.6. The maximum absolute atomic E-state index is 11.4. The van der Waals surface area contributed by atoms with Crippen LogP contribution in [0, 0.1) is 5.92 Å². The van der Waals surface area contributed by atoms with Crippen molar-refractivity contribution < 1.29 is 9.59 Å². The summed E-state index contributed by atoms with van der Waals surface area (Å²) in [5, 5.41) is 0. The van der Waals surface area contributed by atoms with Crippen LogP contribution in [0.2, 0.25) is 0 Å². The largest absolute Gasteiger partial charge is 0.368 e. The number of hydrogen-bond acceptors (Lipinski definition) is 2. The van der Waals surface area contributed by atoms with E-state index in [2.05, 4.69) is 0 Å². The van der Waals surface area contributed by atoms with Gasteiger partial charge in [-0.2, -0.15) is 0 Å². The molecule has 0 unspecified atom stereocenters. The van der Waals surface area contributed by atoms with E-state index in [1.807, 2.05) is 13.8 Å². The van der Waals surface area contributed by atoms with E-state index in [4.69, 9.17) is 17.3 Å². The second kappa shape index (κ2) is 6.65. The van der Waals surface area contributed by atoms with Crippen LogP contribution in [-0.2, 0) is 9.59 Å². The molecule has 2 N–H and O–H groups in total. The molecule has 2 amide bonds. The predicted molar refractivity (Wildman–Crippen MR) is 55.9 cm³/mol. The number of carbonyl (C=O) groups is 2. The van der Waals surface area contributed by atoms with E-state index in [0.717, 1.165) is 0 Å². The Morgan fingerprint density at radius 3 is 2.36 bits per heavy atom. The van der Waals surface area contributed by atoms with Crippen LogP contribution in [0.5, 0.6) is 0 Å². The Balaban J connectivity index is 4.22. The third kappa shape index (κ3) is 5.80. The van der Waals surface area contributed by atoms with Crippen LogP contribution in [0.4, 0.5) is 0 Å². The van der Waals surface area contributed by atoms with Crippen molar-refractivity contribution in [3.8, 4) is 0 Å². The number of nitrogens with two attached hydrogens (primary N) is 1. The Morgan fingerprint density at radius 2 is 2.00 bits per heavy atom. The van der Waals surface area contributed by atoms with Crippen LogP contribution in [0.1, 0.15) is 20.3 Å². The van der Waals surface area contributed by atoms with Crippen molar-refractivity contribution in [2.45, 2.75) is 20.3 Å². The molecule has 0 aromatic rings. The number of rotatable bonds is 6. The van der Waals surface area contributed by atoms with E-state index in [1.54, 1.807) is 0 Å². The van der Waals surface area contributed by atoms with Crippen molar-refractivity contribution in [1.82, 2.24) is 4.90 Å². The smallest absolute Gasteiger partial charge is 0.237 e. The lowest BCUT2D eigenvalue weighted by molar-refractivity contribution is -0.135. The fourth-order valence-electron chi connectivity index (χ4n) is 1.12. The van der Waals surface area contributed by atoms with Gasteiger partial charge in [-0.3, -0.25) is 9.59 Å². The van der Waals surface area contributed by atoms with Gasteiger partial charge in [0.05, 0.1) is 6.54 Å². The zero-order valence-corrected chi connectivity index (χ0v) is 9.38. The van der Waals surface area contributed by atoms with Gasteiger partial charge in [0.25, 0.3) is 0 Å². The molecule has 0 aliphatic carbocycles. The standard InChI is InChI=1S/C9H17ClN2O2/c1-7(2)5-12(6-8(11)13)9(14)3-4-10/h7H,3-6H2,1-2H3,(H2,11,13). The molecule has 0 aromatic carbocycles. The van der Waals surface area contributed by atoms with Crippen LogP contribution in [-0.4, -0.2) is 35.7 Å². The van der Waals surface area contributed by atoms with Gasteiger partial charge >= 0.3 is 0 Å². The van der Waals surface area contributed by atoms with E-state index >= 15 is 0 Å². The number of halogens is 1. The summed E-state index contributed by atoms with van der Waals surface area (Å²) in [6, 6.07) is 0. The molecule has 14 heavy (non-hydrogen) atoms. The Kier molecular flexibility index (Phi) is 6.28. The second-order valence-corrected chi connectivity index (χ2v) is 3.95. The molecule has 0 fully saturated rings. The predicted octanol–water partition coefficient (Wildman–Crippen LogP) is 0.585. The third-order valence-corrected chi connectivity index (χ3v) is 1.78. The summed E-state index contributed by atoms with van der Waals surface area (Å²) in [6.07, 6.45) is 0.252. The SMILES string of the molecule is CC(C)CN(CC(N)=O)C(=O)CCCl. The van der Waals surface area contributed by atoms with Gasteiger partial charge in [-0.1, -0.05) is 13.8 Å². The highest BCUT2D eigenvalue weighted by Crippen LogP contribution is 2.01. The monoisotopic (exact) mass is 220 g/mol. The first-order valence-corrected chi connectivity index (χ1v) is 5.12. The maximum Gasteiger partial charge on any atom is 0.237 e. The minimum atomic E-state index is -0.492. The van der Waals surface area contributed by atoms with E-state index < -0.39 is 5.91 Å². The van der Waals surface area contributed by atoms with E-state index in [9.17, 15) is 9.59 Å². The second-order valence-electron chi connectivity index (χ2n) is 3.57. The zero-order valence-electron chi connectivity index (χ0n) is 8.62. The van der Waals surface area contributed by atoms with Crippen LogP contribution >= 0.6 is 11.6 Å². The summed E-state index contributed by atoms with van der Waals surface area (Å²) in [7, 11) is 0. The molecule has 0 aromatic heterocycles. The van der Waals surface area contributed by atoms with Crippen LogP contribution < -0.4 is 5.73 Å². The average molecular weight is 221 g/mol. The maximum atomic E-state index is 11.4. The normalized spacial score (nSPS) is 10.3. The highest BCUT2D eigenvalue weighted by molar-refractivity contribution is 6.18. The molecule has 0 saturated carbocycles. The molecule has 5 heteroatoms. The molecule has 0 aliphatic heterocycles. The Bertz CT molecular complexity index is 207. The van der Waals surface area contributed by atoms with Gasteiger partial charge in [-0.05, 0) is 5.92 Å². The number of hydrogen-bond donors (Lipinski definition) is 1. The Morgan fingerprint density at radius 1 is 1.43 bits per heavy atom. The first-order valence-electron chi connectivity index (χ1n) is 4.59. The Hall–Kier alpha value is -0.770. The van der Waals surface area contributed by atoms with Crippen molar-refractivity contribution in [1.29, 1.82) is 0 Å². The molecule has 82 valence electrons. The summed E-state index contributed by atoms with van der Waals surface area (Å²) in [5.74, 6) is -0.0265. The lowest BCUT2D eigenvalue weighted by Gasteiger charge is -2.22. The minimum Gasteiger partial charge on any atom is -0.368 e. The van der Waals surface area contributed by atoms with E-state index in [0.29, 0.717) is 12.5 Å². The van der Waals surface area contributed by atoms with Crippen molar-refractivity contribution in [2.75, 3.05) is 19.0 Å². The summed E-state index contributed by atoms with van der Waals surface area (Å²) >= 11 is 5.45. The third-order valence-electron chi connectivity index (χ3n) is 1.59. The van der Waals surface area contributed by atoms with Gasteiger partial charge in [0.2, 0.25) is 11.8 Å². The zero-order chi connectivity index (χ0) is 11.1. The van der Waals surface area contributed by atoms with Gasteiger partial charge < -0.3 is 10.6 Å². The number of nitrogens with zero attached hydrogens (tertiary/aromatic N) is 1. The number of primary amides is 1. The fourth-order valence-corrected chi connectivity index (χ4v) is 1.28. The van der Waals surface area contributed by atoms with Gasteiger partial charge in [-0.15, -0.1) is 11.6 Å². The summed E-state index contributed by atoms with van der Waals surface area (Å²) < 4.78 is 0. The molecular weight excluding hydrogens is 204 g/mol. The van der Waals surface area contributed by atoms with Crippen LogP contribution in [0.15, 0.2) is 0 Å². The van der Waals surface area contributed by atoms with E-state index in [1.165, 1.54) is 4.90 Å². The number of carbonyl (C=O) groups excluding carboxylic acids is 2. The molecule has 0 radical (unpaired) electrons. The van der Waals surface area contributed by atoms with Crippen LogP contribution in [0.25, 0.3) is 0 Å². The lowest BCUT2D eigenvalue weighted by Crippen LogP contribution is -2.40. The summed E-state index contributed by atoms with van der Waals surface area (Å²) in [6.45, 7) is 4.47. The highest BCUT2D eigenvalue weighted by atomic mass is 35.5. The molecule has 0 atom stereocenters. The summed E-state index contributed by atoms with van der Waals surface area (Å²) in [5.41, 5.74) is 5.04. The molecule has 0 rings (SSSR count). The molecule has 0 heterocycles. The van der Waals surface area contributed by atoms with Crippen molar-refractivity contribution >= 4 is 23.4 Å². The molecule has 0 aliphatic rings. The van der Waals surface area contributed by atoms with Crippen molar-refractivity contribution in [3.63, 3.8) is 0 Å². The molecule has 0 spiro atoms. The fraction of sp³-hybridized carbons (Fsp3) is 0.778. The van der Waals surface area contributed by atoms with Gasteiger partial charge in [0.15, 0.2) is 0 Å². The topological polar surface area (TPSA) is 63.4 Å². The number of alkyl halides is 1. The van der Waals surface area contributed by atoms with E-state index in [-0.39, 0.29) is 24.8 Å². The number of amides is 2. The molecule has 0 saturated heterocycles.